The predicted molar refractivity (Wildman–Crippen MR) is 79.3 cm³/mol. The third kappa shape index (κ3) is 3.48. The zero-order chi connectivity index (χ0) is 13.9. The van der Waals surface area contributed by atoms with E-state index in [1.54, 1.807) is 18.2 Å². The molecule has 102 valence electrons. The molecule has 1 aromatic carbocycles. The minimum absolute atomic E-state index is 0.205. The van der Waals surface area contributed by atoms with Crippen LogP contribution in [-0.4, -0.2) is 15.5 Å². The number of nitrogens with one attached hydrogen (secondary N) is 2. The largest absolute Gasteiger partial charge is 0.316 e. The molecular formula is C12H13ClN2O2S2. The van der Waals surface area contributed by atoms with Crippen molar-refractivity contribution in [3.63, 3.8) is 0 Å². The maximum absolute atomic E-state index is 12.2. The molecule has 0 saturated heterocycles. The van der Waals surface area contributed by atoms with Crippen LogP contribution >= 0.6 is 22.9 Å². The monoisotopic (exact) mass is 316 g/mol. The summed E-state index contributed by atoms with van der Waals surface area (Å²) in [6.07, 6.45) is 0. The van der Waals surface area contributed by atoms with Crippen molar-refractivity contribution >= 4 is 38.6 Å². The molecule has 0 aliphatic carbocycles. The highest BCUT2D eigenvalue weighted by Crippen LogP contribution is 2.28. The summed E-state index contributed by atoms with van der Waals surface area (Å²) in [4.78, 5) is 0. The molecule has 0 aliphatic rings. The summed E-state index contributed by atoms with van der Waals surface area (Å²) in [6, 6.07) is 10.3. The molecule has 0 atom stereocenters. The Morgan fingerprint density at radius 1 is 1.21 bits per heavy atom. The summed E-state index contributed by atoms with van der Waals surface area (Å²) in [6.45, 7) is 0.587. The standard InChI is InChI=1S/C12H13ClN2O2S2/c1-14-8-9-4-2-3-5-10(9)15-19(16,17)12-7-6-11(13)18-12/h2-7,14-15H,8H2,1H3. The maximum Gasteiger partial charge on any atom is 0.271 e. The lowest BCUT2D eigenvalue weighted by molar-refractivity contribution is 0.603. The molecule has 0 fully saturated rings. The van der Waals surface area contributed by atoms with E-state index in [2.05, 4.69) is 10.0 Å². The molecule has 0 radical (unpaired) electrons. The van der Waals surface area contributed by atoms with Gasteiger partial charge in [0.1, 0.15) is 4.21 Å². The summed E-state index contributed by atoms with van der Waals surface area (Å²) in [5.74, 6) is 0. The highest BCUT2D eigenvalue weighted by atomic mass is 35.5. The summed E-state index contributed by atoms with van der Waals surface area (Å²) in [5, 5.41) is 3.00. The van der Waals surface area contributed by atoms with Gasteiger partial charge in [-0.15, -0.1) is 11.3 Å². The van der Waals surface area contributed by atoms with Gasteiger partial charge in [0.05, 0.1) is 10.0 Å². The van der Waals surface area contributed by atoms with Crippen LogP contribution in [0.15, 0.2) is 40.6 Å². The minimum atomic E-state index is -3.58. The molecule has 1 heterocycles. The number of para-hydroxylation sites is 1. The van der Waals surface area contributed by atoms with Crippen LogP contribution in [0.1, 0.15) is 5.56 Å². The number of hydrogen-bond donors (Lipinski definition) is 2. The van der Waals surface area contributed by atoms with E-state index in [0.717, 1.165) is 16.9 Å². The van der Waals surface area contributed by atoms with Gasteiger partial charge < -0.3 is 5.32 Å². The average molecular weight is 317 g/mol. The summed E-state index contributed by atoms with van der Waals surface area (Å²) in [7, 11) is -1.77. The van der Waals surface area contributed by atoms with Crippen molar-refractivity contribution in [3.8, 4) is 0 Å². The van der Waals surface area contributed by atoms with Crippen molar-refractivity contribution < 1.29 is 8.42 Å². The molecular weight excluding hydrogens is 304 g/mol. The van der Waals surface area contributed by atoms with Gasteiger partial charge in [0.2, 0.25) is 0 Å². The van der Waals surface area contributed by atoms with E-state index in [9.17, 15) is 8.42 Å². The molecule has 2 N–H and O–H groups in total. The van der Waals surface area contributed by atoms with Gasteiger partial charge in [0.15, 0.2) is 0 Å². The van der Waals surface area contributed by atoms with Gasteiger partial charge in [-0.3, -0.25) is 4.72 Å². The van der Waals surface area contributed by atoms with Crippen molar-refractivity contribution in [2.45, 2.75) is 10.8 Å². The Morgan fingerprint density at radius 2 is 1.95 bits per heavy atom. The number of anilines is 1. The first-order valence-corrected chi connectivity index (χ1v) is 8.21. The van der Waals surface area contributed by atoms with Crippen LogP contribution in [0, 0.1) is 0 Å². The number of rotatable bonds is 5. The van der Waals surface area contributed by atoms with Crippen LogP contribution in [0.3, 0.4) is 0 Å². The SMILES string of the molecule is CNCc1ccccc1NS(=O)(=O)c1ccc(Cl)s1. The van der Waals surface area contributed by atoms with E-state index in [1.807, 2.05) is 19.2 Å². The topological polar surface area (TPSA) is 58.2 Å². The van der Waals surface area contributed by atoms with Crippen molar-refractivity contribution in [2.75, 3.05) is 11.8 Å². The van der Waals surface area contributed by atoms with Crippen LogP contribution in [0.5, 0.6) is 0 Å². The Bertz CT molecular complexity index is 668. The van der Waals surface area contributed by atoms with E-state index < -0.39 is 10.0 Å². The van der Waals surface area contributed by atoms with Gasteiger partial charge in [0, 0.05) is 6.54 Å². The van der Waals surface area contributed by atoms with E-state index in [1.165, 1.54) is 6.07 Å². The Hall–Kier alpha value is -1.08. The molecule has 0 saturated carbocycles. The third-order valence-corrected chi connectivity index (χ3v) is 5.53. The van der Waals surface area contributed by atoms with Crippen LogP contribution in [0.2, 0.25) is 4.34 Å². The Kier molecular flexibility index (Phi) is 4.46. The summed E-state index contributed by atoms with van der Waals surface area (Å²) in [5.41, 5.74) is 1.46. The van der Waals surface area contributed by atoms with E-state index in [4.69, 9.17) is 11.6 Å². The molecule has 19 heavy (non-hydrogen) atoms. The third-order valence-electron chi connectivity index (χ3n) is 2.44. The van der Waals surface area contributed by atoms with Crippen molar-refractivity contribution in [3.05, 3.63) is 46.3 Å². The lowest BCUT2D eigenvalue weighted by Gasteiger charge is -2.11. The highest BCUT2D eigenvalue weighted by Gasteiger charge is 2.17. The van der Waals surface area contributed by atoms with Gasteiger partial charge in [-0.05, 0) is 30.8 Å². The fourth-order valence-electron chi connectivity index (χ4n) is 1.60. The van der Waals surface area contributed by atoms with Gasteiger partial charge in [-0.2, -0.15) is 0 Å². The molecule has 1 aromatic heterocycles. The van der Waals surface area contributed by atoms with E-state index in [0.29, 0.717) is 16.6 Å². The molecule has 7 heteroatoms. The first kappa shape index (κ1) is 14.3. The van der Waals surface area contributed by atoms with Gasteiger partial charge in [-0.25, -0.2) is 8.42 Å². The number of hydrogen-bond acceptors (Lipinski definition) is 4. The molecule has 2 rings (SSSR count). The van der Waals surface area contributed by atoms with Crippen molar-refractivity contribution in [1.29, 1.82) is 0 Å². The van der Waals surface area contributed by atoms with E-state index >= 15 is 0 Å². The Balaban J connectivity index is 2.30. The van der Waals surface area contributed by atoms with Gasteiger partial charge >= 0.3 is 0 Å². The quantitative estimate of drug-likeness (QED) is 0.891. The Labute approximate surface area is 121 Å². The summed E-state index contributed by atoms with van der Waals surface area (Å²) < 4.78 is 27.6. The highest BCUT2D eigenvalue weighted by molar-refractivity contribution is 7.94. The fraction of sp³-hybridized carbons (Fsp3) is 0.167. The van der Waals surface area contributed by atoms with Crippen LogP contribution in [-0.2, 0) is 16.6 Å². The molecule has 4 nitrogen and oxygen atoms in total. The summed E-state index contributed by atoms with van der Waals surface area (Å²) >= 11 is 6.80. The number of sulfonamides is 1. The predicted octanol–water partition coefficient (Wildman–Crippen LogP) is 2.92. The van der Waals surface area contributed by atoms with Gasteiger partial charge in [0.25, 0.3) is 10.0 Å². The smallest absolute Gasteiger partial charge is 0.271 e. The molecule has 2 aromatic rings. The molecule has 0 spiro atoms. The average Bonchev–Trinajstić information content (AvgIpc) is 2.79. The normalized spacial score (nSPS) is 11.5. The fourth-order valence-corrected chi connectivity index (χ4v) is 4.19. The van der Waals surface area contributed by atoms with E-state index in [-0.39, 0.29) is 4.21 Å². The number of thiophene rings is 1. The van der Waals surface area contributed by atoms with Crippen LogP contribution in [0.4, 0.5) is 5.69 Å². The second-order valence-corrected chi connectivity index (χ2v) is 7.48. The van der Waals surface area contributed by atoms with Crippen LogP contribution in [0.25, 0.3) is 0 Å². The minimum Gasteiger partial charge on any atom is -0.316 e. The maximum atomic E-state index is 12.2. The Morgan fingerprint density at radius 3 is 2.58 bits per heavy atom. The number of benzene rings is 1. The van der Waals surface area contributed by atoms with Gasteiger partial charge in [-0.1, -0.05) is 29.8 Å². The molecule has 0 unspecified atom stereocenters. The first-order valence-electron chi connectivity index (χ1n) is 5.53. The zero-order valence-corrected chi connectivity index (χ0v) is 12.6. The second-order valence-electron chi connectivity index (χ2n) is 3.85. The number of halogens is 1. The van der Waals surface area contributed by atoms with Crippen LogP contribution < -0.4 is 10.0 Å². The lowest BCUT2D eigenvalue weighted by atomic mass is 10.2. The van der Waals surface area contributed by atoms with Crippen molar-refractivity contribution in [1.82, 2.24) is 5.32 Å². The lowest BCUT2D eigenvalue weighted by Crippen LogP contribution is -2.15. The van der Waals surface area contributed by atoms with Crippen molar-refractivity contribution in [2.24, 2.45) is 0 Å². The molecule has 0 aliphatic heterocycles. The molecule has 0 bridgehead atoms. The first-order chi connectivity index (χ1) is 9.03. The second kappa shape index (κ2) is 5.92. The zero-order valence-electron chi connectivity index (χ0n) is 10.2. The molecule has 0 amide bonds.